The molecule has 3 aromatic carbocycles. The number of aromatic nitrogens is 1. The number of pyridine rings is 1. The average Bonchev–Trinajstić information content (AvgIpc) is 3.71. The number of hydrogen-bond acceptors (Lipinski definition) is 5. The third-order valence-electron chi connectivity index (χ3n) is 10.3. The number of thiophene rings is 2. The van der Waals surface area contributed by atoms with E-state index in [0.717, 1.165) is 53.6 Å². The number of hydrogen-bond donors (Lipinski definition) is 1. The first-order chi connectivity index (χ1) is 24.8. The molecule has 0 saturated carbocycles. The molecular formula is C47H56IrNO2S2-. The van der Waals surface area contributed by atoms with Gasteiger partial charge in [-0.1, -0.05) is 110 Å². The predicted octanol–water partition coefficient (Wildman–Crippen LogP) is 14.5. The molecule has 3 nitrogen and oxygen atoms in total. The molecule has 0 unspecified atom stereocenters. The number of rotatable bonds is 11. The molecule has 6 heteroatoms. The summed E-state index contributed by atoms with van der Waals surface area (Å²) in [6.07, 6.45) is 6.04. The first kappa shape index (κ1) is 42.6. The van der Waals surface area contributed by atoms with Crippen LogP contribution >= 0.6 is 22.7 Å². The quantitative estimate of drug-likeness (QED) is 0.0800. The third-order valence-corrected chi connectivity index (χ3v) is 12.2. The normalized spacial score (nSPS) is 12.2. The number of ketones is 1. The zero-order valence-corrected chi connectivity index (χ0v) is 37.2. The van der Waals surface area contributed by atoms with Crippen LogP contribution in [0.15, 0.2) is 77.9 Å². The topological polar surface area (TPSA) is 50.2 Å². The molecule has 283 valence electrons. The second kappa shape index (κ2) is 18.5. The van der Waals surface area contributed by atoms with Gasteiger partial charge >= 0.3 is 0 Å². The fourth-order valence-electron chi connectivity index (χ4n) is 7.20. The maximum absolute atomic E-state index is 11.7. The summed E-state index contributed by atoms with van der Waals surface area (Å²) in [5.41, 5.74) is 7.43. The van der Waals surface area contributed by atoms with Gasteiger partial charge < -0.3 is 5.11 Å². The molecule has 3 aromatic heterocycles. The van der Waals surface area contributed by atoms with E-state index in [4.69, 9.17) is 4.98 Å². The van der Waals surface area contributed by atoms with E-state index >= 15 is 0 Å². The number of aliphatic hydroxyl groups excluding tert-OH is 1. The number of nitrogens with zero attached hydrogens (tertiary/aromatic N) is 1. The van der Waals surface area contributed by atoms with Crippen LogP contribution in [0.2, 0.25) is 0 Å². The van der Waals surface area contributed by atoms with Gasteiger partial charge in [-0.15, -0.1) is 51.8 Å². The average molecular weight is 923 g/mol. The van der Waals surface area contributed by atoms with Crippen LogP contribution in [0.4, 0.5) is 0 Å². The summed E-state index contributed by atoms with van der Waals surface area (Å²) < 4.78 is 1.37. The van der Waals surface area contributed by atoms with Crippen LogP contribution < -0.4 is 0 Å². The number of carbonyl (C=O) groups is 1. The smallest absolute Gasteiger partial charge is 0.162 e. The molecule has 0 fully saturated rings. The van der Waals surface area contributed by atoms with Crippen molar-refractivity contribution in [2.24, 2.45) is 17.8 Å². The number of benzene rings is 3. The molecule has 0 aliphatic carbocycles. The molecule has 3 heterocycles. The van der Waals surface area contributed by atoms with Gasteiger partial charge in [-0.2, -0.15) is 0 Å². The van der Waals surface area contributed by atoms with Gasteiger partial charge in [-0.25, -0.2) is 0 Å². The van der Waals surface area contributed by atoms with Gasteiger partial charge in [0, 0.05) is 58.7 Å². The Morgan fingerprint density at radius 1 is 0.887 bits per heavy atom. The van der Waals surface area contributed by atoms with Gasteiger partial charge in [0.25, 0.3) is 0 Å². The predicted molar refractivity (Wildman–Crippen MR) is 228 cm³/mol. The first-order valence-corrected chi connectivity index (χ1v) is 20.8. The molecule has 1 radical (unpaired) electrons. The van der Waals surface area contributed by atoms with Gasteiger partial charge in [-0.3, -0.25) is 9.78 Å². The van der Waals surface area contributed by atoms with Crippen LogP contribution in [0.25, 0.3) is 53.5 Å². The minimum absolute atomic E-state index is 0. The van der Waals surface area contributed by atoms with Crippen molar-refractivity contribution in [2.45, 2.75) is 107 Å². The minimum atomic E-state index is 0. The Bertz CT molecular complexity index is 2190. The van der Waals surface area contributed by atoms with E-state index in [2.05, 4.69) is 114 Å². The Morgan fingerprint density at radius 2 is 1.57 bits per heavy atom. The third kappa shape index (κ3) is 9.75. The van der Waals surface area contributed by atoms with Crippen molar-refractivity contribution in [3.05, 3.63) is 99.9 Å². The zero-order chi connectivity index (χ0) is 37.7. The number of allylic oxidation sites excluding steroid dienone is 2. The molecule has 0 aliphatic heterocycles. The van der Waals surface area contributed by atoms with Crippen LogP contribution in [0.1, 0.15) is 104 Å². The molecule has 1 N–H and O–H groups in total. The van der Waals surface area contributed by atoms with Gasteiger partial charge in [-0.05, 0) is 90.0 Å². The first-order valence-electron chi connectivity index (χ1n) is 19.1. The van der Waals surface area contributed by atoms with E-state index in [1.165, 1.54) is 54.1 Å². The molecule has 0 bridgehead atoms. The van der Waals surface area contributed by atoms with Gasteiger partial charge in [0.15, 0.2) is 5.78 Å². The molecule has 0 amide bonds. The van der Waals surface area contributed by atoms with Crippen molar-refractivity contribution < 1.29 is 30.0 Å². The van der Waals surface area contributed by atoms with E-state index in [1.807, 2.05) is 39.0 Å². The van der Waals surface area contributed by atoms with Crippen LogP contribution in [0.5, 0.6) is 0 Å². The van der Waals surface area contributed by atoms with E-state index in [9.17, 15) is 9.90 Å². The second-order valence-electron chi connectivity index (χ2n) is 15.5. The summed E-state index contributed by atoms with van der Waals surface area (Å²) in [5, 5.41) is 17.0. The number of aliphatic hydroxyl groups is 1. The molecule has 53 heavy (non-hydrogen) atoms. The number of carbonyl (C=O) groups excluding carboxylic acids is 1. The fourth-order valence-corrected chi connectivity index (χ4v) is 9.12. The molecule has 6 aromatic rings. The van der Waals surface area contributed by atoms with Crippen LogP contribution in [-0.4, -0.2) is 15.9 Å². The van der Waals surface area contributed by atoms with E-state index < -0.39 is 0 Å². The fraction of sp³-hybridized carbons (Fsp3) is 0.404. The monoisotopic (exact) mass is 923 g/mol. The van der Waals surface area contributed by atoms with E-state index in [1.54, 1.807) is 11.3 Å². The standard InChI is InChI=1S/C34H32NS2.C13H24O2.Ir/c1-20(2)15-28-21(3)37-32-18-23(11-12-26(28)32)29-19-31(35-33-27(29)13-14-36-33)24-16-22-9-7-8-10-25(22)30(17-24)34(4,5)6;1-5-10(6-2)12(14)9-13(15)11(7-3)8-4;/h7-14,17-20H,15H2,1-6H3;9-11,14H,5-8H2,1-4H3;/q-1;;/b;12-9-;. The van der Waals surface area contributed by atoms with E-state index in [0.29, 0.717) is 5.92 Å². The Labute approximate surface area is 339 Å². The van der Waals surface area contributed by atoms with Crippen molar-refractivity contribution in [1.82, 2.24) is 4.98 Å². The zero-order valence-electron chi connectivity index (χ0n) is 33.1. The summed E-state index contributed by atoms with van der Waals surface area (Å²) >= 11 is 3.64. The number of aryl methyl sites for hydroxylation is 1. The molecule has 6 rings (SSSR count). The molecule has 0 atom stereocenters. The summed E-state index contributed by atoms with van der Waals surface area (Å²) in [6.45, 7) is 21.8. The molecule has 0 spiro atoms. The Morgan fingerprint density at radius 3 is 2.21 bits per heavy atom. The number of fused-ring (bicyclic) bond motifs is 3. The van der Waals surface area contributed by atoms with Gasteiger partial charge in [0.05, 0.1) is 5.76 Å². The van der Waals surface area contributed by atoms with Crippen LogP contribution in [0, 0.1) is 30.7 Å². The van der Waals surface area contributed by atoms with Crippen molar-refractivity contribution in [3.63, 3.8) is 0 Å². The molecule has 0 aliphatic rings. The van der Waals surface area contributed by atoms with Gasteiger partial charge in [0.2, 0.25) is 0 Å². The maximum Gasteiger partial charge on any atom is 0.162 e. The van der Waals surface area contributed by atoms with Gasteiger partial charge in [0.1, 0.15) is 4.83 Å². The van der Waals surface area contributed by atoms with Crippen LogP contribution in [0.3, 0.4) is 0 Å². The Kier molecular flexibility index (Phi) is 14.8. The largest absolute Gasteiger partial charge is 0.512 e. The van der Waals surface area contributed by atoms with Crippen molar-refractivity contribution in [1.29, 1.82) is 0 Å². The van der Waals surface area contributed by atoms with E-state index in [-0.39, 0.29) is 48.9 Å². The van der Waals surface area contributed by atoms with Crippen LogP contribution in [-0.2, 0) is 36.7 Å². The maximum atomic E-state index is 11.7. The molecular weight excluding hydrogens is 867 g/mol. The minimum Gasteiger partial charge on any atom is -0.512 e. The Balaban J connectivity index is 0.000000335. The van der Waals surface area contributed by atoms with Crippen molar-refractivity contribution in [3.8, 4) is 22.4 Å². The van der Waals surface area contributed by atoms with Crippen molar-refractivity contribution >= 4 is 59.5 Å². The summed E-state index contributed by atoms with van der Waals surface area (Å²) in [5.74, 6) is 1.20. The molecule has 0 saturated heterocycles. The SMILES string of the molecule is CCC(CC)C(=O)/C=C(\O)C(CC)CC.Cc1sc2cc(-c3cc(-c4[c-]c5ccccc5c(C(C)(C)C)c4)nc4sccc34)ccc2c1CC(C)C.[Ir]. The summed E-state index contributed by atoms with van der Waals surface area (Å²) in [4.78, 5) is 19.4. The summed E-state index contributed by atoms with van der Waals surface area (Å²) in [7, 11) is 0. The Hall–Kier alpha value is -3.15. The summed E-state index contributed by atoms with van der Waals surface area (Å²) in [6, 6.07) is 26.1. The second-order valence-corrected chi connectivity index (χ2v) is 17.7. The van der Waals surface area contributed by atoms with Crippen molar-refractivity contribution in [2.75, 3.05) is 0 Å².